The van der Waals surface area contributed by atoms with Gasteiger partial charge in [0.15, 0.2) is 11.5 Å². The number of carbonyl (C=O) groups is 1. The second-order valence-corrected chi connectivity index (χ2v) is 12.0. The standard InChI is InChI=1S/C32H39ClN2O4/c1-31(2,3)24-16-21(17-25(30(24)37)32(4,5)6)13-15-29(36)35-34-19-22-12-14-27(38-7)28(18-22)39-20-23-10-8-9-11-26(23)33/h8-12,14,16-19,37H,13,15,20H2,1-7H3,(H,35,36)/b34-19-. The van der Waals surface area contributed by atoms with Crippen molar-refractivity contribution in [3.63, 3.8) is 0 Å². The lowest BCUT2D eigenvalue weighted by molar-refractivity contribution is -0.121. The molecule has 0 bridgehead atoms. The third kappa shape index (κ3) is 8.24. The van der Waals surface area contributed by atoms with Crippen molar-refractivity contribution in [3.05, 3.63) is 87.4 Å². The van der Waals surface area contributed by atoms with Crippen LogP contribution in [0.1, 0.15) is 75.8 Å². The fourth-order valence-electron chi connectivity index (χ4n) is 4.13. The number of aromatic hydroxyl groups is 1. The van der Waals surface area contributed by atoms with Crippen LogP contribution in [0.5, 0.6) is 17.2 Å². The minimum absolute atomic E-state index is 0.197. The van der Waals surface area contributed by atoms with Gasteiger partial charge in [0.05, 0.1) is 13.3 Å². The maximum atomic E-state index is 12.6. The second kappa shape index (κ2) is 12.6. The Morgan fingerprint density at radius 2 is 1.62 bits per heavy atom. The van der Waals surface area contributed by atoms with E-state index in [9.17, 15) is 9.90 Å². The van der Waals surface area contributed by atoms with Crippen LogP contribution in [0.2, 0.25) is 5.02 Å². The average Bonchev–Trinajstić information content (AvgIpc) is 2.86. The van der Waals surface area contributed by atoms with Crippen molar-refractivity contribution in [1.82, 2.24) is 5.43 Å². The topological polar surface area (TPSA) is 80.2 Å². The Bertz CT molecular complexity index is 1300. The monoisotopic (exact) mass is 550 g/mol. The Morgan fingerprint density at radius 1 is 0.974 bits per heavy atom. The minimum Gasteiger partial charge on any atom is -0.507 e. The number of amides is 1. The van der Waals surface area contributed by atoms with Gasteiger partial charge in [-0.1, -0.05) is 83.5 Å². The molecule has 0 radical (unpaired) electrons. The number of hydrazone groups is 1. The smallest absolute Gasteiger partial charge is 0.240 e. The van der Waals surface area contributed by atoms with E-state index in [2.05, 4.69) is 52.1 Å². The Morgan fingerprint density at radius 3 is 2.21 bits per heavy atom. The quantitative estimate of drug-likeness (QED) is 0.216. The Labute approximate surface area is 237 Å². The summed E-state index contributed by atoms with van der Waals surface area (Å²) in [5.74, 6) is 1.27. The Hall–Kier alpha value is -3.51. The summed E-state index contributed by atoms with van der Waals surface area (Å²) < 4.78 is 11.4. The zero-order valence-corrected chi connectivity index (χ0v) is 24.6. The van der Waals surface area contributed by atoms with Crippen LogP contribution in [0.25, 0.3) is 0 Å². The predicted molar refractivity (Wildman–Crippen MR) is 158 cm³/mol. The lowest BCUT2D eigenvalue weighted by atomic mass is 9.78. The summed E-state index contributed by atoms with van der Waals surface area (Å²) in [5.41, 5.74) is 6.56. The molecule has 39 heavy (non-hydrogen) atoms. The van der Waals surface area contributed by atoms with Crippen LogP contribution in [-0.4, -0.2) is 24.3 Å². The minimum atomic E-state index is -0.221. The largest absolute Gasteiger partial charge is 0.507 e. The van der Waals surface area contributed by atoms with Crippen molar-refractivity contribution >= 4 is 23.7 Å². The number of carbonyl (C=O) groups excluding carboxylic acids is 1. The number of benzene rings is 3. The number of hydrogen-bond acceptors (Lipinski definition) is 5. The van der Waals surface area contributed by atoms with Crippen molar-refractivity contribution < 1.29 is 19.4 Å². The van der Waals surface area contributed by atoms with Gasteiger partial charge in [0, 0.05) is 17.0 Å². The van der Waals surface area contributed by atoms with Gasteiger partial charge < -0.3 is 14.6 Å². The van der Waals surface area contributed by atoms with Gasteiger partial charge in [-0.25, -0.2) is 5.43 Å². The molecule has 0 aromatic heterocycles. The summed E-state index contributed by atoms with van der Waals surface area (Å²) in [4.78, 5) is 12.6. The van der Waals surface area contributed by atoms with Crippen molar-refractivity contribution in [2.24, 2.45) is 5.10 Å². The number of rotatable bonds is 9. The van der Waals surface area contributed by atoms with Gasteiger partial charge in [0.2, 0.25) is 5.91 Å². The van der Waals surface area contributed by atoms with Gasteiger partial charge in [-0.3, -0.25) is 4.79 Å². The molecule has 0 saturated heterocycles. The van der Waals surface area contributed by atoms with Gasteiger partial charge in [0.25, 0.3) is 0 Å². The summed E-state index contributed by atoms with van der Waals surface area (Å²) in [6, 6.07) is 16.9. The number of phenols is 1. The van der Waals surface area contributed by atoms with E-state index in [1.165, 1.54) is 0 Å². The molecule has 0 unspecified atom stereocenters. The van der Waals surface area contributed by atoms with E-state index in [0.29, 0.717) is 35.3 Å². The van der Waals surface area contributed by atoms with Crippen LogP contribution < -0.4 is 14.9 Å². The van der Waals surface area contributed by atoms with Crippen LogP contribution in [0.4, 0.5) is 0 Å². The molecule has 3 aromatic rings. The number of aryl methyl sites for hydroxylation is 1. The molecule has 0 saturated carbocycles. The highest BCUT2D eigenvalue weighted by Crippen LogP contribution is 2.40. The fourth-order valence-corrected chi connectivity index (χ4v) is 4.32. The molecule has 3 aromatic carbocycles. The number of ether oxygens (including phenoxy) is 2. The average molecular weight is 551 g/mol. The van der Waals surface area contributed by atoms with E-state index < -0.39 is 0 Å². The lowest BCUT2D eigenvalue weighted by Gasteiger charge is -2.28. The molecular weight excluding hydrogens is 512 g/mol. The molecular formula is C32H39ClN2O4. The zero-order valence-electron chi connectivity index (χ0n) is 23.9. The molecule has 0 aliphatic rings. The molecule has 0 atom stereocenters. The molecule has 2 N–H and O–H groups in total. The SMILES string of the molecule is COc1ccc(/C=N\NC(=O)CCc2cc(C(C)(C)C)c(O)c(C(C)(C)C)c2)cc1OCc1ccccc1Cl. The third-order valence-corrected chi connectivity index (χ3v) is 6.73. The fraction of sp³-hybridized carbons (Fsp3) is 0.375. The van der Waals surface area contributed by atoms with E-state index in [4.69, 9.17) is 21.1 Å². The van der Waals surface area contributed by atoms with E-state index >= 15 is 0 Å². The van der Waals surface area contributed by atoms with E-state index in [-0.39, 0.29) is 23.2 Å². The van der Waals surface area contributed by atoms with E-state index in [1.54, 1.807) is 25.5 Å². The molecule has 0 aliphatic heterocycles. The van der Waals surface area contributed by atoms with Crippen LogP contribution in [0.15, 0.2) is 59.7 Å². The van der Waals surface area contributed by atoms with E-state index in [1.807, 2.05) is 42.5 Å². The van der Waals surface area contributed by atoms with Crippen LogP contribution in [-0.2, 0) is 28.7 Å². The van der Waals surface area contributed by atoms with Gasteiger partial charge >= 0.3 is 0 Å². The number of halogens is 1. The van der Waals surface area contributed by atoms with Gasteiger partial charge in [-0.05, 0) is 63.8 Å². The van der Waals surface area contributed by atoms with Gasteiger partial charge in [0.1, 0.15) is 12.4 Å². The maximum absolute atomic E-state index is 12.6. The number of methoxy groups -OCH3 is 1. The predicted octanol–water partition coefficient (Wildman–Crippen LogP) is 7.31. The normalized spacial score (nSPS) is 12.0. The number of phenolic OH excluding ortho intramolecular Hbond substituents is 1. The van der Waals surface area contributed by atoms with Crippen LogP contribution >= 0.6 is 11.6 Å². The molecule has 1 amide bonds. The zero-order chi connectivity index (χ0) is 28.8. The van der Waals surface area contributed by atoms with E-state index in [0.717, 1.165) is 27.8 Å². The maximum Gasteiger partial charge on any atom is 0.240 e. The first kappa shape index (κ1) is 30.0. The molecule has 0 fully saturated rings. The molecule has 7 heteroatoms. The summed E-state index contributed by atoms with van der Waals surface area (Å²) in [7, 11) is 1.58. The highest BCUT2D eigenvalue weighted by molar-refractivity contribution is 6.31. The van der Waals surface area contributed by atoms with Crippen molar-refractivity contribution in [1.29, 1.82) is 0 Å². The highest BCUT2D eigenvalue weighted by atomic mass is 35.5. The van der Waals surface area contributed by atoms with Crippen LogP contribution in [0.3, 0.4) is 0 Å². The van der Waals surface area contributed by atoms with Crippen molar-refractivity contribution in [3.8, 4) is 17.2 Å². The molecule has 3 rings (SSSR count). The first-order valence-corrected chi connectivity index (χ1v) is 13.4. The Kier molecular flexibility index (Phi) is 9.68. The summed E-state index contributed by atoms with van der Waals surface area (Å²) >= 11 is 6.24. The molecule has 6 nitrogen and oxygen atoms in total. The van der Waals surface area contributed by atoms with Gasteiger partial charge in [-0.2, -0.15) is 5.10 Å². The number of nitrogens with one attached hydrogen (secondary N) is 1. The first-order valence-electron chi connectivity index (χ1n) is 13.0. The highest BCUT2D eigenvalue weighted by Gasteiger charge is 2.26. The molecule has 0 heterocycles. The summed E-state index contributed by atoms with van der Waals surface area (Å²) in [6.45, 7) is 12.7. The summed E-state index contributed by atoms with van der Waals surface area (Å²) in [6.07, 6.45) is 2.37. The lowest BCUT2D eigenvalue weighted by Crippen LogP contribution is -2.20. The van der Waals surface area contributed by atoms with Crippen molar-refractivity contribution in [2.45, 2.75) is 71.8 Å². The number of hydrogen-bond donors (Lipinski definition) is 2. The third-order valence-electron chi connectivity index (χ3n) is 6.36. The van der Waals surface area contributed by atoms with Gasteiger partial charge in [-0.15, -0.1) is 0 Å². The molecule has 0 spiro atoms. The van der Waals surface area contributed by atoms with Crippen molar-refractivity contribution in [2.75, 3.05) is 7.11 Å². The van der Waals surface area contributed by atoms with Crippen LogP contribution in [0, 0.1) is 0 Å². The molecule has 0 aliphatic carbocycles. The summed E-state index contributed by atoms with van der Waals surface area (Å²) in [5, 5.41) is 15.7. The molecule has 208 valence electrons. The number of nitrogens with zero attached hydrogens (tertiary/aromatic N) is 1. The second-order valence-electron chi connectivity index (χ2n) is 11.6. The first-order chi connectivity index (χ1) is 18.3. The Balaban J connectivity index is 1.65.